The molecule has 1 fully saturated rings. The van der Waals surface area contributed by atoms with Gasteiger partial charge in [-0.05, 0) is 19.1 Å². The van der Waals surface area contributed by atoms with Crippen molar-refractivity contribution in [3.05, 3.63) is 24.4 Å². The van der Waals surface area contributed by atoms with Crippen LogP contribution in [-0.4, -0.2) is 55.0 Å². The van der Waals surface area contributed by atoms with E-state index in [2.05, 4.69) is 10.3 Å². The summed E-state index contributed by atoms with van der Waals surface area (Å²) in [5.41, 5.74) is 0.598. The normalized spacial score (nSPS) is 20.8. The first kappa shape index (κ1) is 14.3. The first-order chi connectivity index (χ1) is 10.1. The summed E-state index contributed by atoms with van der Waals surface area (Å²) in [6.07, 6.45) is 1.71. The largest absolute Gasteiger partial charge is 0.378 e. The van der Waals surface area contributed by atoms with Gasteiger partial charge < -0.3 is 10.1 Å². The van der Waals surface area contributed by atoms with Gasteiger partial charge in [0.25, 0.3) is 10.0 Å². The SMILES string of the molecule is CNc1nc2ccccn2c1S(=O)(=O)N1CCOCC1C. The Morgan fingerprint density at radius 1 is 1.43 bits per heavy atom. The van der Waals surface area contributed by atoms with Gasteiger partial charge in [0, 0.05) is 25.8 Å². The molecule has 1 atom stereocenters. The number of anilines is 1. The maximum Gasteiger partial charge on any atom is 0.263 e. The molecule has 0 bridgehead atoms. The summed E-state index contributed by atoms with van der Waals surface area (Å²) in [4.78, 5) is 4.33. The highest BCUT2D eigenvalue weighted by atomic mass is 32.2. The average molecular weight is 310 g/mol. The molecule has 0 spiro atoms. The van der Waals surface area contributed by atoms with Crippen molar-refractivity contribution in [2.24, 2.45) is 0 Å². The van der Waals surface area contributed by atoms with E-state index >= 15 is 0 Å². The Bertz CT molecular complexity index is 756. The predicted octanol–water partition coefficient (Wildman–Crippen LogP) is 0.785. The molecule has 2 aromatic heterocycles. The standard InChI is InChI=1S/C13H18N4O3S/c1-10-9-20-8-7-17(10)21(18,19)13-12(14-2)15-11-5-3-4-6-16(11)13/h3-6,10,14H,7-9H2,1-2H3. The van der Waals surface area contributed by atoms with Gasteiger partial charge in [0.1, 0.15) is 5.65 Å². The number of rotatable bonds is 3. The van der Waals surface area contributed by atoms with E-state index in [4.69, 9.17) is 4.74 Å². The van der Waals surface area contributed by atoms with Gasteiger partial charge >= 0.3 is 0 Å². The van der Waals surface area contributed by atoms with Crippen LogP contribution >= 0.6 is 0 Å². The second-order valence-electron chi connectivity index (χ2n) is 4.98. The molecule has 2 aromatic rings. The van der Waals surface area contributed by atoms with Gasteiger partial charge in [-0.15, -0.1) is 0 Å². The van der Waals surface area contributed by atoms with Crippen LogP contribution in [0.15, 0.2) is 29.4 Å². The zero-order valence-corrected chi connectivity index (χ0v) is 12.8. The first-order valence-corrected chi connectivity index (χ1v) is 8.24. The van der Waals surface area contributed by atoms with Crippen molar-refractivity contribution < 1.29 is 13.2 Å². The molecule has 1 N–H and O–H groups in total. The van der Waals surface area contributed by atoms with Gasteiger partial charge in [-0.25, -0.2) is 13.4 Å². The minimum Gasteiger partial charge on any atom is -0.378 e. The van der Waals surface area contributed by atoms with Crippen molar-refractivity contribution in [1.29, 1.82) is 0 Å². The van der Waals surface area contributed by atoms with Gasteiger partial charge in [0.15, 0.2) is 10.8 Å². The van der Waals surface area contributed by atoms with E-state index in [1.165, 1.54) is 4.31 Å². The van der Waals surface area contributed by atoms with Gasteiger partial charge in [0.2, 0.25) is 0 Å². The van der Waals surface area contributed by atoms with Crippen molar-refractivity contribution >= 4 is 21.5 Å². The summed E-state index contributed by atoms with van der Waals surface area (Å²) in [5.74, 6) is 0.361. The van der Waals surface area contributed by atoms with Gasteiger partial charge in [-0.3, -0.25) is 4.40 Å². The van der Waals surface area contributed by atoms with Crippen LogP contribution in [0.25, 0.3) is 5.65 Å². The van der Waals surface area contributed by atoms with E-state index in [0.717, 1.165) is 0 Å². The lowest BCUT2D eigenvalue weighted by molar-refractivity contribution is 0.0391. The number of ether oxygens (including phenoxy) is 1. The first-order valence-electron chi connectivity index (χ1n) is 6.80. The molecule has 0 aromatic carbocycles. The molecule has 21 heavy (non-hydrogen) atoms. The number of hydrogen-bond donors (Lipinski definition) is 1. The third-order valence-electron chi connectivity index (χ3n) is 3.58. The fourth-order valence-corrected chi connectivity index (χ4v) is 4.43. The van der Waals surface area contributed by atoms with E-state index in [-0.39, 0.29) is 11.1 Å². The van der Waals surface area contributed by atoms with Crippen LogP contribution in [0.1, 0.15) is 6.92 Å². The summed E-state index contributed by atoms with van der Waals surface area (Å²) in [5, 5.41) is 3.05. The Hall–Kier alpha value is -1.64. The Morgan fingerprint density at radius 2 is 2.24 bits per heavy atom. The Balaban J connectivity index is 2.18. The second-order valence-corrected chi connectivity index (χ2v) is 6.79. The zero-order valence-electron chi connectivity index (χ0n) is 12.0. The molecule has 0 saturated carbocycles. The lowest BCUT2D eigenvalue weighted by Crippen LogP contribution is -2.47. The quantitative estimate of drug-likeness (QED) is 0.907. The van der Waals surface area contributed by atoms with Crippen LogP contribution in [0, 0.1) is 0 Å². The third kappa shape index (κ3) is 2.29. The zero-order chi connectivity index (χ0) is 15.0. The highest BCUT2D eigenvalue weighted by molar-refractivity contribution is 7.89. The highest BCUT2D eigenvalue weighted by Crippen LogP contribution is 2.27. The molecular formula is C13H18N4O3S. The van der Waals surface area contributed by atoms with Crippen molar-refractivity contribution in [1.82, 2.24) is 13.7 Å². The molecule has 7 nitrogen and oxygen atoms in total. The van der Waals surface area contributed by atoms with Crippen LogP contribution in [0.4, 0.5) is 5.82 Å². The van der Waals surface area contributed by atoms with Crippen LogP contribution < -0.4 is 5.32 Å². The lowest BCUT2D eigenvalue weighted by Gasteiger charge is -2.32. The van der Waals surface area contributed by atoms with Crippen molar-refractivity contribution in [2.75, 3.05) is 32.1 Å². The Kier molecular flexibility index (Phi) is 3.60. The van der Waals surface area contributed by atoms with Crippen LogP contribution in [0.2, 0.25) is 0 Å². The molecule has 8 heteroatoms. The minimum absolute atomic E-state index is 0.175. The van der Waals surface area contributed by atoms with Gasteiger partial charge in [-0.2, -0.15) is 4.31 Å². The number of hydrogen-bond acceptors (Lipinski definition) is 5. The van der Waals surface area contributed by atoms with Crippen molar-refractivity contribution in [3.8, 4) is 0 Å². The number of aromatic nitrogens is 2. The van der Waals surface area contributed by atoms with E-state index in [1.54, 1.807) is 29.8 Å². The van der Waals surface area contributed by atoms with E-state index in [9.17, 15) is 8.42 Å². The number of fused-ring (bicyclic) bond motifs is 1. The topological polar surface area (TPSA) is 75.9 Å². The van der Waals surface area contributed by atoms with Gasteiger partial charge in [0.05, 0.1) is 13.2 Å². The molecule has 1 unspecified atom stereocenters. The molecule has 3 rings (SSSR count). The molecule has 1 aliphatic rings. The molecule has 0 amide bonds. The predicted molar refractivity (Wildman–Crippen MR) is 78.9 cm³/mol. The van der Waals surface area contributed by atoms with E-state index in [0.29, 0.717) is 31.2 Å². The van der Waals surface area contributed by atoms with Gasteiger partial charge in [-0.1, -0.05) is 6.07 Å². The molecule has 114 valence electrons. The molecule has 0 aliphatic carbocycles. The number of morpholine rings is 1. The third-order valence-corrected chi connectivity index (χ3v) is 5.62. The van der Waals surface area contributed by atoms with Crippen LogP contribution in [0.5, 0.6) is 0 Å². The average Bonchev–Trinajstić information content (AvgIpc) is 2.86. The number of nitrogens with one attached hydrogen (secondary N) is 1. The number of sulfonamides is 1. The fraction of sp³-hybridized carbons (Fsp3) is 0.462. The summed E-state index contributed by atoms with van der Waals surface area (Å²) in [6.45, 7) is 3.02. The summed E-state index contributed by atoms with van der Waals surface area (Å²) >= 11 is 0. The molecule has 3 heterocycles. The monoisotopic (exact) mass is 310 g/mol. The minimum atomic E-state index is -3.65. The summed E-state index contributed by atoms with van der Waals surface area (Å²) in [7, 11) is -1.98. The molecular weight excluding hydrogens is 292 g/mol. The number of nitrogens with zero attached hydrogens (tertiary/aromatic N) is 3. The molecule has 1 saturated heterocycles. The summed E-state index contributed by atoms with van der Waals surface area (Å²) in [6, 6.07) is 5.20. The molecule has 1 aliphatic heterocycles. The van der Waals surface area contributed by atoms with Crippen molar-refractivity contribution in [3.63, 3.8) is 0 Å². The van der Waals surface area contributed by atoms with E-state index in [1.807, 2.05) is 13.0 Å². The van der Waals surface area contributed by atoms with Crippen LogP contribution in [-0.2, 0) is 14.8 Å². The Morgan fingerprint density at radius 3 is 2.95 bits per heavy atom. The number of imidazole rings is 1. The summed E-state index contributed by atoms with van der Waals surface area (Å²) < 4.78 is 34.4. The fourth-order valence-electron chi connectivity index (χ4n) is 2.56. The highest BCUT2D eigenvalue weighted by Gasteiger charge is 2.35. The van der Waals surface area contributed by atoms with Crippen LogP contribution in [0.3, 0.4) is 0 Å². The molecule has 0 radical (unpaired) electrons. The second kappa shape index (κ2) is 5.28. The maximum atomic E-state index is 13.0. The maximum absolute atomic E-state index is 13.0. The van der Waals surface area contributed by atoms with Crippen molar-refractivity contribution in [2.45, 2.75) is 18.0 Å². The lowest BCUT2D eigenvalue weighted by atomic mass is 10.3. The van der Waals surface area contributed by atoms with E-state index < -0.39 is 10.0 Å². The smallest absolute Gasteiger partial charge is 0.263 e. The Labute approximate surface area is 123 Å². The number of pyridine rings is 1.